The lowest BCUT2D eigenvalue weighted by molar-refractivity contribution is -0.384. The normalized spacial score (nSPS) is 12.3. The van der Waals surface area contributed by atoms with Gasteiger partial charge in [0, 0.05) is 73.0 Å². The number of aromatic nitrogens is 2. The van der Waals surface area contributed by atoms with Crippen LogP contribution in [-0.4, -0.2) is 26.9 Å². The molecule has 10 heteroatoms. The van der Waals surface area contributed by atoms with Crippen LogP contribution in [0, 0.1) is 17.0 Å². The molecule has 0 unspecified atom stereocenters. The smallest absolute Gasteiger partial charge is 0.356 e. The first-order chi connectivity index (χ1) is 20.6. The molecule has 0 fully saturated rings. The topological polar surface area (TPSA) is 90.1 Å². The van der Waals surface area contributed by atoms with E-state index in [4.69, 9.17) is 0 Å². The van der Waals surface area contributed by atoms with Gasteiger partial charge < -0.3 is 9.88 Å². The lowest BCUT2D eigenvalue weighted by Crippen LogP contribution is -2.27. The minimum atomic E-state index is -4.51. The number of fused-ring (bicyclic) bond motifs is 1. The number of amides is 1. The number of halogens is 3. The molecule has 220 valence electrons. The lowest BCUT2D eigenvalue weighted by Gasteiger charge is -2.18. The van der Waals surface area contributed by atoms with Crippen LogP contribution in [0.2, 0.25) is 0 Å². The number of nitrogens with one attached hydrogen (secondary N) is 1. The number of carbonyl (C=O) groups excluding carboxylic acids is 1. The molecule has 0 spiro atoms. The van der Waals surface area contributed by atoms with Gasteiger partial charge in [-0.25, -0.2) is 0 Å². The van der Waals surface area contributed by atoms with Crippen molar-refractivity contribution in [3.05, 3.63) is 141 Å². The largest absolute Gasteiger partial charge is 0.416 e. The van der Waals surface area contributed by atoms with Gasteiger partial charge in [-0.05, 0) is 53.9 Å². The molecular formula is C33H29F3N4O3. The predicted molar refractivity (Wildman–Crippen MR) is 158 cm³/mol. The third-order valence-electron chi connectivity index (χ3n) is 7.41. The van der Waals surface area contributed by atoms with Crippen molar-refractivity contribution in [2.75, 3.05) is 6.54 Å². The van der Waals surface area contributed by atoms with Gasteiger partial charge in [0.1, 0.15) is 0 Å². The maximum Gasteiger partial charge on any atom is 0.416 e. The Morgan fingerprint density at radius 3 is 2.42 bits per heavy atom. The number of nitro groups is 1. The van der Waals surface area contributed by atoms with Crippen molar-refractivity contribution < 1.29 is 22.9 Å². The molecule has 7 nitrogen and oxygen atoms in total. The number of hydrogen-bond acceptors (Lipinski definition) is 4. The molecule has 5 rings (SSSR count). The minimum absolute atomic E-state index is 0.0695. The van der Waals surface area contributed by atoms with Crippen LogP contribution in [-0.2, 0) is 23.9 Å². The molecule has 1 atom stereocenters. The molecule has 0 saturated heterocycles. The summed E-state index contributed by atoms with van der Waals surface area (Å²) in [6.07, 6.45) is -0.553. The predicted octanol–water partition coefficient (Wildman–Crippen LogP) is 7.20. The third-order valence-corrected chi connectivity index (χ3v) is 7.41. The highest BCUT2D eigenvalue weighted by Crippen LogP contribution is 2.38. The van der Waals surface area contributed by atoms with E-state index < -0.39 is 22.6 Å². The summed E-state index contributed by atoms with van der Waals surface area (Å²) in [5.74, 6) is -0.966. The molecule has 1 amide bonds. The zero-order valence-corrected chi connectivity index (χ0v) is 23.3. The van der Waals surface area contributed by atoms with Gasteiger partial charge in [0.2, 0.25) is 5.91 Å². The van der Waals surface area contributed by atoms with Crippen molar-refractivity contribution in [2.45, 2.75) is 38.4 Å². The van der Waals surface area contributed by atoms with E-state index in [1.165, 1.54) is 24.3 Å². The van der Waals surface area contributed by atoms with E-state index in [-0.39, 0.29) is 18.0 Å². The van der Waals surface area contributed by atoms with Crippen molar-refractivity contribution in [1.82, 2.24) is 14.9 Å². The van der Waals surface area contributed by atoms with E-state index in [1.807, 2.05) is 54.1 Å². The summed E-state index contributed by atoms with van der Waals surface area (Å²) in [5.41, 5.74) is 3.83. The average molecular weight is 587 g/mol. The molecule has 2 aromatic heterocycles. The van der Waals surface area contributed by atoms with Crippen LogP contribution in [0.5, 0.6) is 0 Å². The number of rotatable bonds is 10. The Hall–Kier alpha value is -4.99. The summed E-state index contributed by atoms with van der Waals surface area (Å²) in [5, 5.41) is 15.1. The zero-order valence-electron chi connectivity index (χ0n) is 23.3. The monoisotopic (exact) mass is 586 g/mol. The number of alkyl halides is 3. The fourth-order valence-electron chi connectivity index (χ4n) is 5.17. The number of pyridine rings is 1. The van der Waals surface area contributed by atoms with E-state index in [0.29, 0.717) is 41.5 Å². The van der Waals surface area contributed by atoms with Crippen molar-refractivity contribution in [3.63, 3.8) is 0 Å². The molecule has 43 heavy (non-hydrogen) atoms. The number of benzene rings is 3. The van der Waals surface area contributed by atoms with Gasteiger partial charge in [-0.15, -0.1) is 0 Å². The Morgan fingerprint density at radius 2 is 1.77 bits per heavy atom. The molecule has 0 aliphatic heterocycles. The molecule has 2 heterocycles. The number of nitrogens with zero attached hydrogens (tertiary/aromatic N) is 3. The Bertz CT molecular complexity index is 1730. The summed E-state index contributed by atoms with van der Waals surface area (Å²) in [6, 6.07) is 22.8. The van der Waals surface area contributed by atoms with Gasteiger partial charge in [-0.1, -0.05) is 48.0 Å². The van der Waals surface area contributed by atoms with Gasteiger partial charge in [0.15, 0.2) is 0 Å². The molecular weight excluding hydrogens is 557 g/mol. The second-order valence-electron chi connectivity index (χ2n) is 10.5. The second-order valence-corrected chi connectivity index (χ2v) is 10.5. The van der Waals surface area contributed by atoms with Gasteiger partial charge in [-0.3, -0.25) is 19.9 Å². The standard InChI is InChI=1S/C33H29F3N4O3/c1-22-5-7-23(8-6-22)20-39-21-30(29-18-27(40(42)43)13-14-31(29)39)28(24-9-11-25(12-10-24)33(34,35)36)19-32(41)38-17-15-26-4-2-3-16-37-26/h2-14,16,18,21,28H,15,17,19-20H2,1H3,(H,38,41)/t28-/m1/s1. The number of nitro benzene ring substituents is 1. The Morgan fingerprint density at radius 1 is 1.02 bits per heavy atom. The highest BCUT2D eigenvalue weighted by Gasteiger charge is 2.31. The fourth-order valence-corrected chi connectivity index (χ4v) is 5.17. The first-order valence-corrected chi connectivity index (χ1v) is 13.7. The number of aryl methyl sites for hydroxylation is 1. The number of hydrogen-bond donors (Lipinski definition) is 1. The van der Waals surface area contributed by atoms with Crippen molar-refractivity contribution in [1.29, 1.82) is 0 Å². The van der Waals surface area contributed by atoms with E-state index >= 15 is 0 Å². The van der Waals surface area contributed by atoms with Gasteiger partial charge in [0.25, 0.3) is 5.69 Å². The van der Waals surface area contributed by atoms with E-state index in [9.17, 15) is 28.1 Å². The Balaban J connectivity index is 1.54. The summed E-state index contributed by atoms with van der Waals surface area (Å²) in [6.45, 7) is 2.78. The van der Waals surface area contributed by atoms with Crippen LogP contribution in [0.4, 0.5) is 18.9 Å². The highest BCUT2D eigenvalue weighted by atomic mass is 19.4. The van der Waals surface area contributed by atoms with Gasteiger partial charge >= 0.3 is 6.18 Å². The average Bonchev–Trinajstić information content (AvgIpc) is 3.34. The summed E-state index contributed by atoms with van der Waals surface area (Å²) >= 11 is 0. The molecule has 0 aliphatic carbocycles. The van der Waals surface area contributed by atoms with Crippen LogP contribution in [0.15, 0.2) is 97.3 Å². The van der Waals surface area contributed by atoms with E-state index in [2.05, 4.69) is 10.3 Å². The molecule has 3 aromatic carbocycles. The first-order valence-electron chi connectivity index (χ1n) is 13.7. The quantitative estimate of drug-likeness (QED) is 0.138. The Labute approximate surface area is 246 Å². The first kappa shape index (κ1) is 29.5. The lowest BCUT2D eigenvalue weighted by atomic mass is 9.87. The third kappa shape index (κ3) is 7.09. The molecule has 5 aromatic rings. The maximum atomic E-state index is 13.4. The Kier molecular flexibility index (Phi) is 8.56. The fraction of sp³-hybridized carbons (Fsp3) is 0.212. The zero-order chi connectivity index (χ0) is 30.6. The summed E-state index contributed by atoms with van der Waals surface area (Å²) < 4.78 is 42.0. The maximum absolute atomic E-state index is 13.4. The number of non-ortho nitro benzene ring substituents is 1. The van der Waals surface area contributed by atoms with Gasteiger partial charge in [-0.2, -0.15) is 13.2 Å². The van der Waals surface area contributed by atoms with Crippen molar-refractivity contribution in [2.24, 2.45) is 0 Å². The van der Waals surface area contributed by atoms with Crippen LogP contribution < -0.4 is 5.32 Å². The second kappa shape index (κ2) is 12.5. The molecule has 0 radical (unpaired) electrons. The molecule has 0 aliphatic rings. The van der Waals surface area contributed by atoms with E-state index in [0.717, 1.165) is 29.0 Å². The summed E-state index contributed by atoms with van der Waals surface area (Å²) in [7, 11) is 0. The summed E-state index contributed by atoms with van der Waals surface area (Å²) in [4.78, 5) is 28.7. The molecule has 1 N–H and O–H groups in total. The van der Waals surface area contributed by atoms with Crippen LogP contribution in [0.25, 0.3) is 10.9 Å². The minimum Gasteiger partial charge on any atom is -0.356 e. The highest BCUT2D eigenvalue weighted by molar-refractivity contribution is 5.88. The molecule has 0 bridgehead atoms. The SMILES string of the molecule is Cc1ccc(Cn2cc([C@H](CC(=O)NCCc3ccccn3)c3ccc(C(F)(F)F)cc3)c3cc([N+](=O)[O-])ccc32)cc1. The van der Waals surface area contributed by atoms with Crippen molar-refractivity contribution in [3.8, 4) is 0 Å². The van der Waals surface area contributed by atoms with Crippen molar-refractivity contribution >= 4 is 22.5 Å². The number of carbonyl (C=O) groups is 1. The van der Waals surface area contributed by atoms with E-state index in [1.54, 1.807) is 18.3 Å². The van der Waals surface area contributed by atoms with Crippen LogP contribution in [0.1, 0.15) is 45.8 Å². The van der Waals surface area contributed by atoms with Crippen LogP contribution >= 0.6 is 0 Å². The van der Waals surface area contributed by atoms with Gasteiger partial charge in [0.05, 0.1) is 10.5 Å². The molecule has 0 saturated carbocycles. The van der Waals surface area contributed by atoms with Crippen LogP contribution in [0.3, 0.4) is 0 Å².